The Balaban J connectivity index is 1.59. The second-order valence-electron chi connectivity index (χ2n) is 7.98. The summed E-state index contributed by atoms with van der Waals surface area (Å²) in [6.45, 7) is 2.15. The summed E-state index contributed by atoms with van der Waals surface area (Å²) < 4.78 is 0. The molecule has 1 aliphatic carbocycles. The zero-order valence-corrected chi connectivity index (χ0v) is 16.5. The molecule has 29 heavy (non-hydrogen) atoms. The average molecular weight is 391 g/mol. The van der Waals surface area contributed by atoms with Crippen molar-refractivity contribution in [3.8, 4) is 5.75 Å². The van der Waals surface area contributed by atoms with E-state index in [1.807, 2.05) is 30.3 Å². The molecule has 2 aliphatic rings. The van der Waals surface area contributed by atoms with Crippen molar-refractivity contribution in [3.63, 3.8) is 0 Å². The second-order valence-corrected chi connectivity index (χ2v) is 7.98. The van der Waals surface area contributed by atoms with Gasteiger partial charge in [0.15, 0.2) is 0 Å². The van der Waals surface area contributed by atoms with Gasteiger partial charge in [-0.05, 0) is 43.7 Å². The van der Waals surface area contributed by atoms with E-state index in [0.29, 0.717) is 17.3 Å². The number of hydrogen-bond donors (Lipinski definition) is 2. The Morgan fingerprint density at radius 3 is 2.59 bits per heavy atom. The SMILES string of the molecule is CC1CCC2(CC1)N=C(c1ccccc1)C(=O)N2CC(=O)Nc1cccc(O)c1. The fraction of sp³-hybridized carbons (Fsp3) is 0.348. The van der Waals surface area contributed by atoms with Crippen LogP contribution in [0.25, 0.3) is 0 Å². The van der Waals surface area contributed by atoms with Crippen LogP contribution >= 0.6 is 0 Å². The van der Waals surface area contributed by atoms with Crippen LogP contribution in [0.1, 0.15) is 38.2 Å². The Kier molecular flexibility index (Phi) is 5.09. The highest BCUT2D eigenvalue weighted by Gasteiger charge is 2.49. The number of aromatic hydroxyl groups is 1. The largest absolute Gasteiger partial charge is 0.508 e. The molecule has 2 amide bonds. The number of hydrogen-bond acceptors (Lipinski definition) is 4. The van der Waals surface area contributed by atoms with Crippen LogP contribution in [0.3, 0.4) is 0 Å². The minimum absolute atomic E-state index is 0.0668. The first-order valence-electron chi connectivity index (χ1n) is 10.0. The summed E-state index contributed by atoms with van der Waals surface area (Å²) in [5, 5.41) is 12.4. The number of nitrogens with one attached hydrogen (secondary N) is 1. The maximum atomic E-state index is 13.3. The Labute approximate surface area is 170 Å². The van der Waals surface area contributed by atoms with Gasteiger partial charge >= 0.3 is 0 Å². The van der Waals surface area contributed by atoms with Crippen molar-refractivity contribution in [2.24, 2.45) is 10.9 Å². The van der Waals surface area contributed by atoms with Gasteiger partial charge in [-0.2, -0.15) is 0 Å². The summed E-state index contributed by atoms with van der Waals surface area (Å²) in [5.41, 5.74) is 1.07. The molecular weight excluding hydrogens is 366 g/mol. The molecule has 0 saturated heterocycles. The summed E-state index contributed by atoms with van der Waals surface area (Å²) in [6, 6.07) is 15.8. The highest BCUT2D eigenvalue weighted by Crippen LogP contribution is 2.41. The molecule has 1 spiro atoms. The molecule has 0 unspecified atom stereocenters. The third-order valence-electron chi connectivity index (χ3n) is 5.82. The molecule has 2 aromatic rings. The predicted molar refractivity (Wildman–Crippen MR) is 112 cm³/mol. The van der Waals surface area contributed by atoms with Crippen molar-refractivity contribution in [2.75, 3.05) is 11.9 Å². The maximum Gasteiger partial charge on any atom is 0.275 e. The van der Waals surface area contributed by atoms with Crippen molar-refractivity contribution < 1.29 is 14.7 Å². The zero-order valence-electron chi connectivity index (χ0n) is 16.5. The van der Waals surface area contributed by atoms with Crippen LogP contribution in [0, 0.1) is 5.92 Å². The monoisotopic (exact) mass is 391 g/mol. The quantitative estimate of drug-likeness (QED) is 0.836. The van der Waals surface area contributed by atoms with Crippen LogP contribution in [-0.4, -0.2) is 39.7 Å². The van der Waals surface area contributed by atoms with E-state index in [1.165, 1.54) is 12.1 Å². The highest BCUT2D eigenvalue weighted by molar-refractivity contribution is 6.47. The van der Waals surface area contributed by atoms with Gasteiger partial charge in [-0.3, -0.25) is 14.6 Å². The number of carbonyl (C=O) groups is 2. The van der Waals surface area contributed by atoms with E-state index in [1.54, 1.807) is 17.0 Å². The number of rotatable bonds is 4. The molecule has 6 heteroatoms. The fourth-order valence-corrected chi connectivity index (χ4v) is 4.17. The van der Waals surface area contributed by atoms with Crippen LogP contribution in [-0.2, 0) is 9.59 Å². The predicted octanol–water partition coefficient (Wildman–Crippen LogP) is 3.57. The molecule has 4 rings (SSSR count). The van der Waals surface area contributed by atoms with Gasteiger partial charge in [0.25, 0.3) is 5.91 Å². The lowest BCUT2D eigenvalue weighted by atomic mass is 9.82. The van der Waals surface area contributed by atoms with Gasteiger partial charge in [0.1, 0.15) is 23.7 Å². The summed E-state index contributed by atoms with van der Waals surface area (Å²) in [4.78, 5) is 32.5. The van der Waals surface area contributed by atoms with Crippen molar-refractivity contribution in [1.29, 1.82) is 0 Å². The molecule has 150 valence electrons. The molecule has 1 fully saturated rings. The van der Waals surface area contributed by atoms with E-state index in [-0.39, 0.29) is 24.1 Å². The molecule has 6 nitrogen and oxygen atoms in total. The number of carbonyl (C=O) groups excluding carboxylic acids is 2. The average Bonchev–Trinajstić information content (AvgIpc) is 2.97. The van der Waals surface area contributed by atoms with E-state index in [2.05, 4.69) is 12.2 Å². The number of amides is 2. The lowest BCUT2D eigenvalue weighted by molar-refractivity contribution is -0.134. The van der Waals surface area contributed by atoms with Crippen molar-refractivity contribution >= 4 is 23.2 Å². The number of aliphatic imine (C=N–C) groups is 1. The van der Waals surface area contributed by atoms with Gasteiger partial charge in [0.2, 0.25) is 5.91 Å². The first-order valence-corrected chi connectivity index (χ1v) is 10.0. The molecule has 0 atom stereocenters. The smallest absolute Gasteiger partial charge is 0.275 e. The Morgan fingerprint density at radius 2 is 1.90 bits per heavy atom. The Morgan fingerprint density at radius 1 is 1.17 bits per heavy atom. The third kappa shape index (κ3) is 3.88. The van der Waals surface area contributed by atoms with Crippen LogP contribution < -0.4 is 5.32 Å². The first kappa shape index (κ1) is 19.2. The van der Waals surface area contributed by atoms with Gasteiger partial charge in [-0.1, -0.05) is 43.3 Å². The summed E-state index contributed by atoms with van der Waals surface area (Å²) in [7, 11) is 0. The van der Waals surface area contributed by atoms with Crippen molar-refractivity contribution in [1.82, 2.24) is 4.90 Å². The fourth-order valence-electron chi connectivity index (χ4n) is 4.17. The van der Waals surface area contributed by atoms with Gasteiger partial charge < -0.3 is 15.3 Å². The van der Waals surface area contributed by atoms with Gasteiger partial charge in [0.05, 0.1) is 0 Å². The van der Waals surface area contributed by atoms with Crippen molar-refractivity contribution in [2.45, 2.75) is 38.3 Å². The molecule has 2 N–H and O–H groups in total. The maximum absolute atomic E-state index is 13.3. The van der Waals surface area contributed by atoms with Crippen molar-refractivity contribution in [3.05, 3.63) is 60.2 Å². The number of benzene rings is 2. The van der Waals surface area contributed by atoms with Crippen LogP contribution in [0.2, 0.25) is 0 Å². The summed E-state index contributed by atoms with van der Waals surface area (Å²) >= 11 is 0. The lowest BCUT2D eigenvalue weighted by Crippen LogP contribution is -2.51. The standard InChI is InChI=1S/C23H25N3O3/c1-16-10-12-23(13-11-16)25-21(17-6-3-2-4-7-17)22(29)26(23)15-20(28)24-18-8-5-9-19(27)14-18/h2-9,14,16,27H,10-13,15H2,1H3,(H,24,28). The normalized spacial score (nSPS) is 23.9. The second kappa shape index (κ2) is 7.70. The molecular formula is C23H25N3O3. The van der Waals surface area contributed by atoms with Gasteiger partial charge in [0, 0.05) is 17.3 Å². The van der Waals surface area contributed by atoms with E-state index >= 15 is 0 Å². The number of phenols is 1. The lowest BCUT2D eigenvalue weighted by Gasteiger charge is -2.40. The topological polar surface area (TPSA) is 82.0 Å². The summed E-state index contributed by atoms with van der Waals surface area (Å²) in [5.74, 6) is 0.172. The Hall–Kier alpha value is -3.15. The molecule has 0 radical (unpaired) electrons. The van der Waals surface area contributed by atoms with E-state index in [4.69, 9.17) is 4.99 Å². The number of phenolic OH excluding ortho intramolecular Hbond substituents is 1. The third-order valence-corrected chi connectivity index (χ3v) is 5.82. The molecule has 1 aliphatic heterocycles. The minimum atomic E-state index is -0.648. The van der Waals surface area contributed by atoms with Crippen LogP contribution in [0.15, 0.2) is 59.6 Å². The van der Waals surface area contributed by atoms with E-state index < -0.39 is 5.66 Å². The summed E-state index contributed by atoms with van der Waals surface area (Å²) in [6.07, 6.45) is 3.47. The van der Waals surface area contributed by atoms with Gasteiger partial charge in [-0.15, -0.1) is 0 Å². The first-order chi connectivity index (χ1) is 14.0. The van der Waals surface area contributed by atoms with Crippen LogP contribution in [0.4, 0.5) is 5.69 Å². The highest BCUT2D eigenvalue weighted by atomic mass is 16.3. The minimum Gasteiger partial charge on any atom is -0.508 e. The molecule has 0 aromatic heterocycles. The van der Waals surface area contributed by atoms with E-state index in [9.17, 15) is 14.7 Å². The zero-order chi connectivity index (χ0) is 20.4. The molecule has 0 bridgehead atoms. The Bertz CT molecular complexity index is 947. The molecule has 2 aromatic carbocycles. The molecule has 1 saturated carbocycles. The number of anilines is 1. The number of nitrogens with zero attached hydrogens (tertiary/aromatic N) is 2. The van der Waals surface area contributed by atoms with Gasteiger partial charge in [-0.25, -0.2) is 0 Å². The van der Waals surface area contributed by atoms with E-state index in [0.717, 1.165) is 31.2 Å². The molecule has 1 heterocycles. The van der Waals surface area contributed by atoms with Crippen LogP contribution in [0.5, 0.6) is 5.75 Å².